The Hall–Kier alpha value is -0.610. The van der Waals surface area contributed by atoms with Crippen molar-refractivity contribution in [1.82, 2.24) is 4.90 Å². The summed E-state index contributed by atoms with van der Waals surface area (Å²) < 4.78 is 0. The number of hydrogen-bond acceptors (Lipinski definition) is 3. The lowest BCUT2D eigenvalue weighted by Gasteiger charge is -2.19. The molecule has 0 bridgehead atoms. The van der Waals surface area contributed by atoms with E-state index in [2.05, 4.69) is 6.92 Å². The maximum absolute atomic E-state index is 10.7. The first-order chi connectivity index (χ1) is 6.11. The number of nitrogens with zero attached hydrogens (tertiary/aromatic N) is 1. The van der Waals surface area contributed by atoms with Gasteiger partial charge in [-0.05, 0) is 26.4 Å². The first-order valence-corrected chi connectivity index (χ1v) is 4.64. The van der Waals surface area contributed by atoms with Gasteiger partial charge in [0.05, 0.1) is 5.92 Å². The van der Waals surface area contributed by atoms with Crippen LogP contribution in [-0.4, -0.2) is 47.8 Å². The Labute approximate surface area is 79.2 Å². The molecule has 0 aliphatic rings. The van der Waals surface area contributed by atoms with Gasteiger partial charge in [0, 0.05) is 13.2 Å². The van der Waals surface area contributed by atoms with Crippen LogP contribution < -0.4 is 0 Å². The van der Waals surface area contributed by atoms with Crippen molar-refractivity contribution in [2.75, 3.05) is 26.7 Å². The normalized spacial score (nSPS) is 13.2. The van der Waals surface area contributed by atoms with E-state index >= 15 is 0 Å². The first kappa shape index (κ1) is 12.4. The number of aliphatic hydroxyl groups is 1. The van der Waals surface area contributed by atoms with E-state index in [1.165, 1.54) is 0 Å². The van der Waals surface area contributed by atoms with Gasteiger partial charge in [-0.3, -0.25) is 4.79 Å². The molecule has 0 aliphatic carbocycles. The maximum atomic E-state index is 10.7. The summed E-state index contributed by atoms with van der Waals surface area (Å²) in [5.74, 6) is -1.27. The lowest BCUT2D eigenvalue weighted by molar-refractivity contribution is -0.142. The number of carbonyl (C=O) groups is 1. The largest absolute Gasteiger partial charge is 0.481 e. The van der Waals surface area contributed by atoms with Crippen LogP contribution in [0.25, 0.3) is 0 Å². The molecule has 0 aromatic rings. The molecule has 78 valence electrons. The average Bonchev–Trinajstić information content (AvgIpc) is 2.04. The van der Waals surface area contributed by atoms with Crippen molar-refractivity contribution in [3.63, 3.8) is 0 Å². The van der Waals surface area contributed by atoms with Crippen LogP contribution in [0.2, 0.25) is 0 Å². The third kappa shape index (κ3) is 5.60. The van der Waals surface area contributed by atoms with Gasteiger partial charge in [-0.25, -0.2) is 0 Å². The lowest BCUT2D eigenvalue weighted by Crippen LogP contribution is -2.31. The number of aliphatic hydroxyl groups excluding tert-OH is 1. The van der Waals surface area contributed by atoms with Gasteiger partial charge in [0.2, 0.25) is 0 Å². The molecular formula is C9H19NO3. The van der Waals surface area contributed by atoms with Gasteiger partial charge in [0.25, 0.3) is 0 Å². The summed E-state index contributed by atoms with van der Waals surface area (Å²) in [5.41, 5.74) is 0. The van der Waals surface area contributed by atoms with Gasteiger partial charge in [0.1, 0.15) is 0 Å². The molecule has 4 nitrogen and oxygen atoms in total. The van der Waals surface area contributed by atoms with Gasteiger partial charge >= 0.3 is 5.97 Å². The molecule has 0 fully saturated rings. The molecule has 0 amide bonds. The minimum atomic E-state index is -0.822. The standard InChI is InChI=1S/C9H19NO3/c1-3-5-10(2)7-8(4-6-11)9(12)13/h8,11H,3-7H2,1-2H3,(H,12,13). The van der Waals surface area contributed by atoms with Crippen molar-refractivity contribution in [3.8, 4) is 0 Å². The highest BCUT2D eigenvalue weighted by molar-refractivity contribution is 5.70. The predicted molar refractivity (Wildman–Crippen MR) is 50.6 cm³/mol. The fraction of sp³-hybridized carbons (Fsp3) is 0.889. The number of carboxylic acids is 1. The SMILES string of the molecule is CCCN(C)CC(CCO)C(=O)O. The van der Waals surface area contributed by atoms with E-state index in [9.17, 15) is 4.79 Å². The predicted octanol–water partition coefficient (Wildman–Crippen LogP) is 0.411. The fourth-order valence-electron chi connectivity index (χ4n) is 1.30. The van der Waals surface area contributed by atoms with Crippen molar-refractivity contribution in [1.29, 1.82) is 0 Å². The van der Waals surface area contributed by atoms with E-state index < -0.39 is 11.9 Å². The van der Waals surface area contributed by atoms with E-state index in [1.54, 1.807) is 0 Å². The van der Waals surface area contributed by atoms with Crippen LogP contribution in [0.5, 0.6) is 0 Å². The number of hydrogen-bond donors (Lipinski definition) is 2. The molecule has 0 aliphatic heterocycles. The quantitative estimate of drug-likeness (QED) is 0.609. The zero-order valence-electron chi connectivity index (χ0n) is 8.36. The van der Waals surface area contributed by atoms with Gasteiger partial charge in [-0.1, -0.05) is 6.92 Å². The van der Waals surface area contributed by atoms with Crippen LogP contribution in [-0.2, 0) is 4.79 Å². The lowest BCUT2D eigenvalue weighted by atomic mass is 10.1. The minimum Gasteiger partial charge on any atom is -0.481 e. The summed E-state index contributed by atoms with van der Waals surface area (Å²) >= 11 is 0. The van der Waals surface area contributed by atoms with Crippen molar-refractivity contribution < 1.29 is 15.0 Å². The van der Waals surface area contributed by atoms with E-state index in [0.29, 0.717) is 13.0 Å². The Balaban J connectivity index is 3.86. The number of carboxylic acid groups (broad SMARTS) is 1. The van der Waals surface area contributed by atoms with Crippen molar-refractivity contribution in [2.45, 2.75) is 19.8 Å². The number of aliphatic carboxylic acids is 1. The van der Waals surface area contributed by atoms with E-state index in [1.807, 2.05) is 11.9 Å². The molecule has 2 N–H and O–H groups in total. The maximum Gasteiger partial charge on any atom is 0.307 e. The van der Waals surface area contributed by atoms with Crippen LogP contribution in [0.15, 0.2) is 0 Å². The summed E-state index contributed by atoms with van der Waals surface area (Å²) in [4.78, 5) is 12.7. The molecule has 1 atom stereocenters. The molecule has 1 unspecified atom stereocenters. The summed E-state index contributed by atoms with van der Waals surface area (Å²) in [6.07, 6.45) is 1.35. The molecule has 0 saturated carbocycles. The van der Waals surface area contributed by atoms with Crippen molar-refractivity contribution >= 4 is 5.97 Å². The molecule has 0 aromatic carbocycles. The summed E-state index contributed by atoms with van der Waals surface area (Å²) in [7, 11) is 1.90. The molecule has 0 rings (SSSR count). The minimum absolute atomic E-state index is 0.0586. The third-order valence-electron chi connectivity index (χ3n) is 1.96. The Kier molecular flexibility index (Phi) is 6.54. The molecule has 0 heterocycles. The Morgan fingerprint density at radius 2 is 2.15 bits per heavy atom. The van der Waals surface area contributed by atoms with Gasteiger partial charge in [-0.15, -0.1) is 0 Å². The second-order valence-electron chi connectivity index (χ2n) is 3.31. The highest BCUT2D eigenvalue weighted by Crippen LogP contribution is 2.05. The highest BCUT2D eigenvalue weighted by Gasteiger charge is 2.18. The topological polar surface area (TPSA) is 60.8 Å². The second kappa shape index (κ2) is 6.86. The van der Waals surface area contributed by atoms with E-state index in [0.717, 1.165) is 13.0 Å². The Morgan fingerprint density at radius 1 is 1.54 bits per heavy atom. The van der Waals surface area contributed by atoms with Gasteiger partial charge in [0.15, 0.2) is 0 Å². The van der Waals surface area contributed by atoms with Crippen LogP contribution in [0, 0.1) is 5.92 Å². The second-order valence-corrected chi connectivity index (χ2v) is 3.31. The summed E-state index contributed by atoms with van der Waals surface area (Å²) in [6, 6.07) is 0. The fourth-order valence-corrected chi connectivity index (χ4v) is 1.30. The smallest absolute Gasteiger partial charge is 0.307 e. The van der Waals surface area contributed by atoms with Crippen molar-refractivity contribution in [3.05, 3.63) is 0 Å². The van der Waals surface area contributed by atoms with Crippen molar-refractivity contribution in [2.24, 2.45) is 5.92 Å². The van der Waals surface area contributed by atoms with Crippen LogP contribution in [0.1, 0.15) is 19.8 Å². The summed E-state index contributed by atoms with van der Waals surface area (Å²) in [6.45, 7) is 3.41. The molecular weight excluding hydrogens is 170 g/mol. The molecule has 0 spiro atoms. The van der Waals surface area contributed by atoms with E-state index in [-0.39, 0.29) is 6.61 Å². The zero-order chi connectivity index (χ0) is 10.3. The zero-order valence-corrected chi connectivity index (χ0v) is 8.36. The molecule has 0 radical (unpaired) electrons. The van der Waals surface area contributed by atoms with E-state index in [4.69, 9.17) is 10.2 Å². The Morgan fingerprint density at radius 3 is 2.54 bits per heavy atom. The summed E-state index contributed by atoms with van der Waals surface area (Å²) in [5, 5.41) is 17.4. The van der Waals surface area contributed by atoms with Crippen LogP contribution >= 0.6 is 0 Å². The molecule has 4 heteroatoms. The highest BCUT2D eigenvalue weighted by atomic mass is 16.4. The number of rotatable bonds is 7. The first-order valence-electron chi connectivity index (χ1n) is 4.64. The molecule has 13 heavy (non-hydrogen) atoms. The van der Waals surface area contributed by atoms with Crippen LogP contribution in [0.3, 0.4) is 0 Å². The average molecular weight is 189 g/mol. The monoisotopic (exact) mass is 189 g/mol. The van der Waals surface area contributed by atoms with Crippen LogP contribution in [0.4, 0.5) is 0 Å². The van der Waals surface area contributed by atoms with Gasteiger partial charge in [-0.2, -0.15) is 0 Å². The van der Waals surface area contributed by atoms with Gasteiger partial charge < -0.3 is 15.1 Å². The Bertz CT molecular complexity index is 150. The third-order valence-corrected chi connectivity index (χ3v) is 1.96. The molecule has 0 saturated heterocycles. The molecule has 0 aromatic heterocycles.